The summed E-state index contributed by atoms with van der Waals surface area (Å²) in [5.74, 6) is 0.720. The third-order valence-corrected chi connectivity index (χ3v) is 4.12. The van der Waals surface area contributed by atoms with E-state index < -0.39 is 0 Å². The average molecular weight is 356 g/mol. The number of carbonyl (C=O) groups excluding carboxylic acids is 1. The molecule has 0 atom stereocenters. The number of halogens is 1. The number of rotatable bonds is 5. The second-order valence-corrected chi connectivity index (χ2v) is 6.29. The lowest BCUT2D eigenvalue weighted by atomic mass is 10.1. The van der Waals surface area contributed by atoms with Gasteiger partial charge in [0.1, 0.15) is 6.54 Å². The summed E-state index contributed by atoms with van der Waals surface area (Å²) in [7, 11) is 0. The van der Waals surface area contributed by atoms with Crippen LogP contribution in [-0.4, -0.2) is 27.0 Å². The Bertz CT molecular complexity index is 862. The van der Waals surface area contributed by atoms with Crippen LogP contribution < -0.4 is 0 Å². The fraction of sp³-hybridized carbons (Fsp3) is 0.211. The predicted molar refractivity (Wildman–Crippen MR) is 96.2 cm³/mol. The maximum absolute atomic E-state index is 12.8. The Morgan fingerprint density at radius 1 is 1.12 bits per heavy atom. The van der Waals surface area contributed by atoms with Crippen molar-refractivity contribution in [2.45, 2.75) is 26.4 Å². The van der Waals surface area contributed by atoms with Crippen LogP contribution in [0.5, 0.6) is 0 Å². The fourth-order valence-electron chi connectivity index (χ4n) is 2.45. The maximum Gasteiger partial charge on any atom is 0.256 e. The van der Waals surface area contributed by atoms with Gasteiger partial charge in [-0.1, -0.05) is 59.2 Å². The summed E-state index contributed by atoms with van der Waals surface area (Å²) in [6.45, 7) is 4.09. The van der Waals surface area contributed by atoms with E-state index in [-0.39, 0.29) is 18.5 Å². The van der Waals surface area contributed by atoms with Gasteiger partial charge in [-0.25, -0.2) is 0 Å². The lowest BCUT2D eigenvalue weighted by Crippen LogP contribution is -2.36. The molecule has 0 bridgehead atoms. The number of hydrogen-bond donors (Lipinski definition) is 0. The highest BCUT2D eigenvalue weighted by molar-refractivity contribution is 6.33. The van der Waals surface area contributed by atoms with Crippen LogP contribution in [0.3, 0.4) is 0 Å². The van der Waals surface area contributed by atoms with Gasteiger partial charge in [-0.3, -0.25) is 4.79 Å². The molecular weight excluding hydrogens is 338 g/mol. The molecule has 0 saturated heterocycles. The largest absolute Gasteiger partial charge is 0.337 e. The molecule has 0 radical (unpaired) electrons. The molecule has 1 aromatic heterocycles. The Kier molecular flexibility index (Phi) is 5.14. The molecule has 0 fully saturated rings. The predicted octanol–water partition coefficient (Wildman–Crippen LogP) is 4.44. The molecule has 0 N–H and O–H groups in total. The Labute approximate surface area is 151 Å². The van der Waals surface area contributed by atoms with Gasteiger partial charge in [-0.15, -0.1) is 0 Å². The highest BCUT2D eigenvalue weighted by Crippen LogP contribution is 2.21. The number of benzene rings is 2. The van der Waals surface area contributed by atoms with Crippen LogP contribution in [0, 0.1) is 0 Å². The third-order valence-electron chi connectivity index (χ3n) is 3.79. The molecule has 3 rings (SSSR count). The third kappa shape index (κ3) is 3.88. The molecule has 1 heterocycles. The first kappa shape index (κ1) is 17.2. The first-order chi connectivity index (χ1) is 12.1. The summed E-state index contributed by atoms with van der Waals surface area (Å²) in [4.78, 5) is 18.9. The molecular formula is C19H18ClN3O2. The van der Waals surface area contributed by atoms with Gasteiger partial charge in [0.15, 0.2) is 0 Å². The van der Waals surface area contributed by atoms with E-state index in [0.717, 1.165) is 5.56 Å². The summed E-state index contributed by atoms with van der Waals surface area (Å²) in [5.41, 5.74) is 1.33. The standard InChI is InChI=1S/C19H18ClN3O2/c1-13(2)23(19(24)15-10-6-7-11-16(15)20)12-17-21-18(22-25-17)14-8-4-3-5-9-14/h3-11,13H,12H2,1-2H3. The van der Waals surface area contributed by atoms with E-state index in [9.17, 15) is 4.79 Å². The average Bonchev–Trinajstić information content (AvgIpc) is 3.09. The van der Waals surface area contributed by atoms with E-state index in [1.165, 1.54) is 0 Å². The van der Waals surface area contributed by atoms with Crippen molar-refractivity contribution in [1.29, 1.82) is 0 Å². The van der Waals surface area contributed by atoms with Crippen LogP contribution in [0.25, 0.3) is 11.4 Å². The summed E-state index contributed by atoms with van der Waals surface area (Å²) < 4.78 is 5.33. The molecule has 0 aliphatic carbocycles. The van der Waals surface area contributed by atoms with Crippen molar-refractivity contribution in [2.24, 2.45) is 0 Å². The van der Waals surface area contributed by atoms with Crippen molar-refractivity contribution < 1.29 is 9.32 Å². The number of aromatic nitrogens is 2. The van der Waals surface area contributed by atoms with Gasteiger partial charge in [0.05, 0.1) is 10.6 Å². The summed E-state index contributed by atoms with van der Waals surface area (Å²) in [5, 5.41) is 4.42. The number of hydrogen-bond acceptors (Lipinski definition) is 4. The zero-order valence-corrected chi connectivity index (χ0v) is 14.8. The Balaban J connectivity index is 1.82. The summed E-state index contributed by atoms with van der Waals surface area (Å²) >= 11 is 6.16. The molecule has 25 heavy (non-hydrogen) atoms. The van der Waals surface area contributed by atoms with Crippen molar-refractivity contribution in [2.75, 3.05) is 0 Å². The van der Waals surface area contributed by atoms with Crippen molar-refractivity contribution >= 4 is 17.5 Å². The smallest absolute Gasteiger partial charge is 0.256 e. The molecule has 128 valence electrons. The van der Waals surface area contributed by atoms with Gasteiger partial charge >= 0.3 is 0 Å². The van der Waals surface area contributed by atoms with Crippen LogP contribution in [0.1, 0.15) is 30.1 Å². The molecule has 1 amide bonds. The monoisotopic (exact) mass is 355 g/mol. The summed E-state index contributed by atoms with van der Waals surface area (Å²) in [6.07, 6.45) is 0. The van der Waals surface area contributed by atoms with E-state index in [1.54, 1.807) is 29.2 Å². The zero-order chi connectivity index (χ0) is 17.8. The highest BCUT2D eigenvalue weighted by atomic mass is 35.5. The van der Waals surface area contributed by atoms with E-state index in [1.807, 2.05) is 44.2 Å². The molecule has 0 aliphatic rings. The van der Waals surface area contributed by atoms with E-state index in [4.69, 9.17) is 16.1 Å². The van der Waals surface area contributed by atoms with Crippen LogP contribution in [0.2, 0.25) is 5.02 Å². The summed E-state index contributed by atoms with van der Waals surface area (Å²) in [6, 6.07) is 16.5. The molecule has 5 nitrogen and oxygen atoms in total. The Hall–Kier alpha value is -2.66. The number of nitrogens with zero attached hydrogens (tertiary/aromatic N) is 3. The molecule has 6 heteroatoms. The van der Waals surface area contributed by atoms with E-state index in [0.29, 0.717) is 22.3 Å². The molecule has 0 unspecified atom stereocenters. The van der Waals surface area contributed by atoms with E-state index in [2.05, 4.69) is 10.1 Å². The topological polar surface area (TPSA) is 59.2 Å². The van der Waals surface area contributed by atoms with Crippen molar-refractivity contribution in [3.63, 3.8) is 0 Å². The van der Waals surface area contributed by atoms with Gasteiger partial charge in [-0.2, -0.15) is 4.98 Å². The number of amides is 1. The van der Waals surface area contributed by atoms with Crippen LogP contribution in [0.15, 0.2) is 59.1 Å². The molecule has 0 aliphatic heterocycles. The van der Waals surface area contributed by atoms with Crippen molar-refractivity contribution in [3.05, 3.63) is 71.1 Å². The quantitative estimate of drug-likeness (QED) is 0.678. The molecule has 0 spiro atoms. The number of carbonyl (C=O) groups is 1. The fourth-order valence-corrected chi connectivity index (χ4v) is 2.66. The van der Waals surface area contributed by atoms with Crippen molar-refractivity contribution in [3.8, 4) is 11.4 Å². The Morgan fingerprint density at radius 2 is 1.80 bits per heavy atom. The van der Waals surface area contributed by atoms with Crippen LogP contribution >= 0.6 is 11.6 Å². The van der Waals surface area contributed by atoms with Crippen LogP contribution in [0.4, 0.5) is 0 Å². The minimum atomic E-state index is -0.167. The Morgan fingerprint density at radius 3 is 2.48 bits per heavy atom. The van der Waals surface area contributed by atoms with Gasteiger partial charge in [0.25, 0.3) is 5.91 Å². The van der Waals surface area contributed by atoms with E-state index >= 15 is 0 Å². The zero-order valence-electron chi connectivity index (χ0n) is 14.0. The maximum atomic E-state index is 12.8. The highest BCUT2D eigenvalue weighted by Gasteiger charge is 2.23. The second kappa shape index (κ2) is 7.49. The SMILES string of the molecule is CC(C)N(Cc1nc(-c2ccccc2)no1)C(=O)c1ccccc1Cl. The van der Waals surface area contributed by atoms with Crippen LogP contribution in [-0.2, 0) is 6.54 Å². The van der Waals surface area contributed by atoms with Crippen molar-refractivity contribution in [1.82, 2.24) is 15.0 Å². The molecule has 0 saturated carbocycles. The first-order valence-electron chi connectivity index (χ1n) is 7.99. The van der Waals surface area contributed by atoms with Gasteiger partial charge in [0, 0.05) is 11.6 Å². The van der Waals surface area contributed by atoms with Gasteiger partial charge < -0.3 is 9.42 Å². The first-order valence-corrected chi connectivity index (χ1v) is 8.37. The minimum absolute atomic E-state index is 0.0455. The normalized spacial score (nSPS) is 10.9. The van der Waals surface area contributed by atoms with Gasteiger partial charge in [0.2, 0.25) is 11.7 Å². The molecule has 2 aromatic carbocycles. The minimum Gasteiger partial charge on any atom is -0.337 e. The lowest BCUT2D eigenvalue weighted by molar-refractivity contribution is 0.0667. The lowest BCUT2D eigenvalue weighted by Gasteiger charge is -2.25. The second-order valence-electron chi connectivity index (χ2n) is 5.88. The molecule has 3 aromatic rings. The van der Waals surface area contributed by atoms with Gasteiger partial charge in [-0.05, 0) is 26.0 Å².